The molecule has 4 bridgehead atoms. The summed E-state index contributed by atoms with van der Waals surface area (Å²) in [5, 5.41) is 0. The van der Waals surface area contributed by atoms with Gasteiger partial charge in [0.2, 0.25) is 0 Å². The lowest BCUT2D eigenvalue weighted by Gasteiger charge is -2.56. The van der Waals surface area contributed by atoms with Crippen LogP contribution in [0.25, 0.3) is 0 Å². The summed E-state index contributed by atoms with van der Waals surface area (Å²) in [4.78, 5) is 27.0. The summed E-state index contributed by atoms with van der Waals surface area (Å²) in [6, 6.07) is 1.35. The molecule has 3 N–H and O–H groups in total. The number of aromatic amines is 1. The van der Waals surface area contributed by atoms with Crippen LogP contribution in [0.3, 0.4) is 0 Å². The van der Waals surface area contributed by atoms with Crippen molar-refractivity contribution in [3.63, 3.8) is 0 Å². The summed E-state index contributed by atoms with van der Waals surface area (Å²) in [5.74, 6) is 2.27. The van der Waals surface area contributed by atoms with Crippen molar-refractivity contribution in [1.29, 1.82) is 0 Å². The summed E-state index contributed by atoms with van der Waals surface area (Å²) >= 11 is 0. The molecule has 4 fully saturated rings. The second-order valence-electron chi connectivity index (χ2n) is 6.85. The van der Waals surface area contributed by atoms with Gasteiger partial charge in [0.15, 0.2) is 0 Å². The third kappa shape index (κ3) is 1.53. The smallest absolute Gasteiger partial charge is 0.330 e. The number of aromatic nitrogens is 2. The van der Waals surface area contributed by atoms with E-state index < -0.39 is 0 Å². The molecule has 19 heavy (non-hydrogen) atoms. The topological polar surface area (TPSA) is 80.9 Å². The molecule has 1 aromatic rings. The number of rotatable bonds is 1. The highest BCUT2D eigenvalue weighted by atomic mass is 16.2. The minimum Gasteiger partial charge on any atom is -0.385 e. The second-order valence-corrected chi connectivity index (χ2v) is 6.85. The van der Waals surface area contributed by atoms with Crippen molar-refractivity contribution in [1.82, 2.24) is 9.55 Å². The van der Waals surface area contributed by atoms with Crippen LogP contribution < -0.4 is 17.0 Å². The fraction of sp³-hybridized carbons (Fsp3) is 0.714. The fourth-order valence-electron chi connectivity index (χ4n) is 5.30. The molecule has 0 amide bonds. The largest absolute Gasteiger partial charge is 0.385 e. The summed E-state index contributed by atoms with van der Waals surface area (Å²) in [5.41, 5.74) is 4.76. The normalized spacial score (nSPS) is 39.7. The van der Waals surface area contributed by atoms with Crippen molar-refractivity contribution in [2.24, 2.45) is 17.8 Å². The van der Waals surface area contributed by atoms with E-state index in [4.69, 9.17) is 5.73 Å². The van der Waals surface area contributed by atoms with E-state index in [1.165, 1.54) is 29.9 Å². The van der Waals surface area contributed by atoms with Gasteiger partial charge in [-0.3, -0.25) is 14.3 Å². The third-order valence-corrected chi connectivity index (χ3v) is 5.43. The maximum atomic E-state index is 12.2. The van der Waals surface area contributed by atoms with Gasteiger partial charge in [0.05, 0.1) is 5.54 Å². The van der Waals surface area contributed by atoms with E-state index in [-0.39, 0.29) is 22.6 Å². The Bertz CT molecular complexity index is 576. The van der Waals surface area contributed by atoms with Crippen LogP contribution in [-0.4, -0.2) is 9.55 Å². The molecule has 5 heteroatoms. The highest BCUT2D eigenvalue weighted by molar-refractivity contribution is 5.24. The molecule has 0 saturated heterocycles. The first-order valence-electron chi connectivity index (χ1n) is 7.18. The Kier molecular flexibility index (Phi) is 2.10. The molecule has 0 aliphatic heterocycles. The molecule has 4 aliphatic rings. The predicted octanol–water partition coefficient (Wildman–Crippen LogP) is 1.04. The number of nitrogens with zero attached hydrogens (tertiary/aromatic N) is 1. The molecule has 0 aromatic carbocycles. The van der Waals surface area contributed by atoms with Gasteiger partial charge in [-0.2, -0.15) is 0 Å². The van der Waals surface area contributed by atoms with Gasteiger partial charge in [-0.15, -0.1) is 0 Å². The van der Waals surface area contributed by atoms with Crippen LogP contribution in [0.2, 0.25) is 0 Å². The van der Waals surface area contributed by atoms with E-state index >= 15 is 0 Å². The third-order valence-electron chi connectivity index (χ3n) is 5.43. The quantitative estimate of drug-likeness (QED) is 0.792. The molecule has 0 radical (unpaired) electrons. The maximum absolute atomic E-state index is 12.2. The van der Waals surface area contributed by atoms with Gasteiger partial charge in [-0.1, -0.05) is 0 Å². The van der Waals surface area contributed by atoms with Crippen LogP contribution in [0, 0.1) is 17.8 Å². The van der Waals surface area contributed by atoms with Crippen molar-refractivity contribution in [2.45, 2.75) is 44.1 Å². The molecule has 4 saturated carbocycles. The van der Waals surface area contributed by atoms with Crippen LogP contribution in [-0.2, 0) is 5.54 Å². The van der Waals surface area contributed by atoms with Gasteiger partial charge < -0.3 is 5.73 Å². The molecular weight excluding hydrogens is 242 g/mol. The number of nitrogen functional groups attached to an aromatic ring is 1. The van der Waals surface area contributed by atoms with Crippen molar-refractivity contribution in [3.8, 4) is 0 Å². The lowest BCUT2D eigenvalue weighted by Crippen LogP contribution is -2.58. The van der Waals surface area contributed by atoms with E-state index in [1.807, 2.05) is 0 Å². The molecule has 5 nitrogen and oxygen atoms in total. The van der Waals surface area contributed by atoms with Gasteiger partial charge in [0.25, 0.3) is 5.56 Å². The van der Waals surface area contributed by atoms with Gasteiger partial charge in [-0.25, -0.2) is 4.79 Å². The number of anilines is 1. The van der Waals surface area contributed by atoms with Crippen LogP contribution in [0.4, 0.5) is 5.82 Å². The molecule has 4 aliphatic carbocycles. The summed E-state index contributed by atoms with van der Waals surface area (Å²) < 4.78 is 1.48. The zero-order valence-corrected chi connectivity index (χ0v) is 10.9. The first-order valence-corrected chi connectivity index (χ1v) is 7.18. The number of hydrogen-bond donors (Lipinski definition) is 2. The summed E-state index contributed by atoms with van der Waals surface area (Å²) in [6.07, 6.45) is 6.85. The van der Waals surface area contributed by atoms with E-state index in [2.05, 4.69) is 4.98 Å². The molecule has 1 aromatic heterocycles. The van der Waals surface area contributed by atoms with Crippen LogP contribution >= 0.6 is 0 Å². The minimum absolute atomic E-state index is 0.163. The first-order chi connectivity index (χ1) is 9.06. The molecule has 0 spiro atoms. The van der Waals surface area contributed by atoms with E-state index in [0.717, 1.165) is 19.3 Å². The lowest BCUT2D eigenvalue weighted by molar-refractivity contribution is -0.0470. The zero-order chi connectivity index (χ0) is 13.2. The SMILES string of the molecule is Nc1cc(=O)n(C23CC4CC(CC(C4)C2)C3)c(=O)[nH]1. The zero-order valence-electron chi connectivity index (χ0n) is 10.9. The van der Waals surface area contributed by atoms with E-state index in [1.54, 1.807) is 0 Å². The summed E-state index contributed by atoms with van der Waals surface area (Å²) in [6.45, 7) is 0. The molecule has 102 valence electrons. The maximum Gasteiger partial charge on any atom is 0.330 e. The second kappa shape index (κ2) is 3.52. The molecule has 1 heterocycles. The standard InChI is InChI=1S/C14H19N3O2/c15-11-4-12(18)17(13(19)16-11)14-5-8-1-9(6-14)3-10(2-8)7-14/h4,8-10H,1-3,5-7,15H2,(H,16,19). The highest BCUT2D eigenvalue weighted by Gasteiger charge is 2.52. The Morgan fingerprint density at radius 1 is 1.11 bits per heavy atom. The summed E-state index contributed by atoms with van der Waals surface area (Å²) in [7, 11) is 0. The van der Waals surface area contributed by atoms with Gasteiger partial charge in [0, 0.05) is 6.07 Å². The Labute approximate surface area is 110 Å². The highest BCUT2D eigenvalue weighted by Crippen LogP contribution is 2.58. The van der Waals surface area contributed by atoms with Gasteiger partial charge in [0.1, 0.15) is 5.82 Å². The average molecular weight is 261 g/mol. The van der Waals surface area contributed by atoms with Gasteiger partial charge >= 0.3 is 5.69 Å². The Morgan fingerprint density at radius 2 is 1.63 bits per heavy atom. The number of hydrogen-bond acceptors (Lipinski definition) is 3. The van der Waals surface area contributed by atoms with E-state index in [0.29, 0.717) is 17.8 Å². The van der Waals surface area contributed by atoms with Crippen molar-refractivity contribution in [2.75, 3.05) is 5.73 Å². The van der Waals surface area contributed by atoms with Gasteiger partial charge in [-0.05, 0) is 56.3 Å². The molecule has 5 rings (SSSR count). The first kappa shape index (κ1) is 11.3. The number of nitrogens with two attached hydrogens (primary N) is 1. The predicted molar refractivity (Wildman–Crippen MR) is 71.9 cm³/mol. The Balaban J connectivity index is 1.89. The monoisotopic (exact) mass is 261 g/mol. The molecule has 0 atom stereocenters. The Hall–Kier alpha value is -1.52. The molecule has 0 unspecified atom stereocenters. The van der Waals surface area contributed by atoms with Crippen LogP contribution in [0.15, 0.2) is 15.7 Å². The number of nitrogens with one attached hydrogen (secondary N) is 1. The van der Waals surface area contributed by atoms with Crippen molar-refractivity contribution < 1.29 is 0 Å². The average Bonchev–Trinajstić information content (AvgIpc) is 2.24. The minimum atomic E-state index is -0.327. The van der Waals surface area contributed by atoms with E-state index in [9.17, 15) is 9.59 Å². The molecular formula is C14H19N3O2. The number of H-pyrrole nitrogens is 1. The van der Waals surface area contributed by atoms with Crippen molar-refractivity contribution in [3.05, 3.63) is 26.9 Å². The van der Waals surface area contributed by atoms with Crippen molar-refractivity contribution >= 4 is 5.82 Å². The van der Waals surface area contributed by atoms with Crippen LogP contribution in [0.1, 0.15) is 38.5 Å². The Morgan fingerprint density at radius 3 is 2.11 bits per heavy atom. The fourth-order valence-corrected chi connectivity index (χ4v) is 5.30. The van der Waals surface area contributed by atoms with Crippen LogP contribution in [0.5, 0.6) is 0 Å². The lowest BCUT2D eigenvalue weighted by atomic mass is 9.53.